The lowest BCUT2D eigenvalue weighted by molar-refractivity contribution is 0.167. The van der Waals surface area contributed by atoms with Crippen molar-refractivity contribution in [2.75, 3.05) is 12.4 Å². The molecule has 0 saturated heterocycles. The lowest BCUT2D eigenvalue weighted by Crippen LogP contribution is -2.42. The van der Waals surface area contributed by atoms with Crippen molar-refractivity contribution >= 4 is 22.8 Å². The minimum absolute atomic E-state index is 0.134. The first-order valence-corrected chi connectivity index (χ1v) is 8.61. The highest BCUT2D eigenvalue weighted by molar-refractivity contribution is 5.91. The highest BCUT2D eigenvalue weighted by Crippen LogP contribution is 2.28. The molecule has 3 rings (SSSR count). The molecule has 24 heavy (non-hydrogen) atoms. The zero-order valence-corrected chi connectivity index (χ0v) is 14.5. The number of aryl methyl sites for hydroxylation is 1. The molecule has 0 bridgehead atoms. The molecule has 6 heteroatoms. The molecule has 0 radical (unpaired) electrons. The number of benzene rings is 1. The molecule has 1 aliphatic carbocycles. The Morgan fingerprint density at radius 1 is 1.33 bits per heavy atom. The van der Waals surface area contributed by atoms with Gasteiger partial charge >= 0.3 is 11.8 Å². The number of nitrogens with zero attached hydrogens (tertiary/aromatic N) is 2. The van der Waals surface area contributed by atoms with Gasteiger partial charge in [-0.2, -0.15) is 0 Å². The van der Waals surface area contributed by atoms with Crippen LogP contribution in [0.1, 0.15) is 39.0 Å². The molecule has 0 aliphatic heterocycles. The number of urea groups is 1. The Kier molecular flexibility index (Phi) is 4.64. The maximum absolute atomic E-state index is 12.5. The highest BCUT2D eigenvalue weighted by atomic mass is 16.4. The van der Waals surface area contributed by atoms with Crippen molar-refractivity contribution < 1.29 is 9.21 Å². The van der Waals surface area contributed by atoms with E-state index in [4.69, 9.17) is 4.42 Å². The van der Waals surface area contributed by atoms with Crippen molar-refractivity contribution in [2.45, 2.75) is 45.1 Å². The van der Waals surface area contributed by atoms with Gasteiger partial charge in [0.2, 0.25) is 0 Å². The van der Waals surface area contributed by atoms with Crippen LogP contribution in [0.5, 0.6) is 0 Å². The van der Waals surface area contributed by atoms with Crippen LogP contribution in [0.4, 0.5) is 10.5 Å². The molecular weight excluding hydrogens is 306 g/mol. The third-order valence-corrected chi connectivity index (χ3v) is 5.31. The maximum Gasteiger partial charge on any atom is 0.419 e. The SMILES string of the molecule is C[C@@H](C1CCCCC1)N(C)C(=O)Nc1ccc2c(c1)oc(=O)n2C. The molecule has 1 heterocycles. The number of aromatic nitrogens is 1. The summed E-state index contributed by atoms with van der Waals surface area (Å²) in [5.41, 5.74) is 1.81. The largest absolute Gasteiger partial charge is 0.419 e. The maximum atomic E-state index is 12.5. The fraction of sp³-hybridized carbons (Fsp3) is 0.556. The van der Waals surface area contributed by atoms with E-state index in [-0.39, 0.29) is 12.1 Å². The van der Waals surface area contributed by atoms with Gasteiger partial charge in [-0.15, -0.1) is 0 Å². The molecular formula is C18H25N3O3. The van der Waals surface area contributed by atoms with Crippen LogP contribution in [0.25, 0.3) is 11.1 Å². The number of carbonyl (C=O) groups excluding carboxylic acids is 1. The lowest BCUT2D eigenvalue weighted by Gasteiger charge is -2.34. The van der Waals surface area contributed by atoms with Crippen molar-refractivity contribution in [1.29, 1.82) is 0 Å². The van der Waals surface area contributed by atoms with E-state index in [0.717, 1.165) is 0 Å². The second-order valence-corrected chi connectivity index (χ2v) is 6.79. The van der Waals surface area contributed by atoms with Crippen LogP contribution in [0.3, 0.4) is 0 Å². The third-order valence-electron chi connectivity index (χ3n) is 5.31. The summed E-state index contributed by atoms with van der Waals surface area (Å²) < 4.78 is 6.61. The Balaban J connectivity index is 1.70. The van der Waals surface area contributed by atoms with E-state index < -0.39 is 5.76 Å². The van der Waals surface area contributed by atoms with Gasteiger partial charge in [-0.3, -0.25) is 4.57 Å². The van der Waals surface area contributed by atoms with Crippen LogP contribution in [0.15, 0.2) is 27.4 Å². The zero-order chi connectivity index (χ0) is 17.3. The second-order valence-electron chi connectivity index (χ2n) is 6.79. The van der Waals surface area contributed by atoms with Gasteiger partial charge in [0.25, 0.3) is 0 Å². The monoisotopic (exact) mass is 331 g/mol. The number of fused-ring (bicyclic) bond motifs is 1. The molecule has 2 amide bonds. The van der Waals surface area contributed by atoms with Gasteiger partial charge in [-0.25, -0.2) is 9.59 Å². The minimum Gasteiger partial charge on any atom is -0.408 e. The minimum atomic E-state index is -0.406. The van der Waals surface area contributed by atoms with Crippen molar-refractivity contribution in [2.24, 2.45) is 13.0 Å². The Morgan fingerprint density at radius 2 is 2.04 bits per heavy atom. The summed E-state index contributed by atoms with van der Waals surface area (Å²) in [5.74, 6) is 0.167. The predicted octanol–water partition coefficient (Wildman–Crippen LogP) is 3.56. The van der Waals surface area contributed by atoms with E-state index in [1.54, 1.807) is 30.1 Å². The first-order valence-electron chi connectivity index (χ1n) is 8.61. The number of hydrogen-bond donors (Lipinski definition) is 1. The quantitative estimate of drug-likeness (QED) is 0.935. The first-order chi connectivity index (χ1) is 11.5. The number of anilines is 1. The Labute approximate surface area is 141 Å². The summed E-state index contributed by atoms with van der Waals surface area (Å²) in [5, 5.41) is 2.90. The molecule has 0 unspecified atom stereocenters. The summed E-state index contributed by atoms with van der Waals surface area (Å²) in [4.78, 5) is 25.8. The summed E-state index contributed by atoms with van der Waals surface area (Å²) in [7, 11) is 3.50. The number of hydrogen-bond acceptors (Lipinski definition) is 3. The molecule has 1 atom stereocenters. The van der Waals surface area contributed by atoms with Crippen molar-refractivity contribution in [1.82, 2.24) is 9.47 Å². The van der Waals surface area contributed by atoms with Gasteiger partial charge in [0.1, 0.15) is 0 Å². The summed E-state index contributed by atoms with van der Waals surface area (Å²) >= 11 is 0. The van der Waals surface area contributed by atoms with E-state index in [1.807, 2.05) is 7.05 Å². The fourth-order valence-electron chi connectivity index (χ4n) is 3.54. The average Bonchev–Trinajstić information content (AvgIpc) is 2.88. The van der Waals surface area contributed by atoms with Gasteiger partial charge in [0.05, 0.1) is 5.52 Å². The van der Waals surface area contributed by atoms with Gasteiger partial charge in [0.15, 0.2) is 5.58 Å². The Morgan fingerprint density at radius 3 is 2.75 bits per heavy atom. The van der Waals surface area contributed by atoms with Gasteiger partial charge in [0, 0.05) is 31.9 Å². The third kappa shape index (κ3) is 3.18. The molecule has 1 aromatic heterocycles. The molecule has 6 nitrogen and oxygen atoms in total. The topological polar surface area (TPSA) is 67.5 Å². The number of carbonyl (C=O) groups is 1. The normalized spacial score (nSPS) is 17.0. The van der Waals surface area contributed by atoms with Crippen molar-refractivity contribution in [3.8, 4) is 0 Å². The summed E-state index contributed by atoms with van der Waals surface area (Å²) in [6, 6.07) is 5.33. The van der Waals surface area contributed by atoms with Crippen LogP contribution >= 0.6 is 0 Å². The average molecular weight is 331 g/mol. The van der Waals surface area contributed by atoms with Crippen LogP contribution in [0, 0.1) is 5.92 Å². The van der Waals surface area contributed by atoms with Gasteiger partial charge < -0.3 is 14.6 Å². The van der Waals surface area contributed by atoms with Crippen molar-refractivity contribution in [3.63, 3.8) is 0 Å². The first kappa shape index (κ1) is 16.6. The molecule has 1 fully saturated rings. The number of oxazole rings is 1. The van der Waals surface area contributed by atoms with Gasteiger partial charge in [-0.05, 0) is 37.8 Å². The van der Waals surface area contributed by atoms with E-state index in [2.05, 4.69) is 12.2 Å². The number of nitrogens with one attached hydrogen (secondary N) is 1. The Hall–Kier alpha value is -2.24. The molecule has 1 N–H and O–H groups in total. The van der Waals surface area contributed by atoms with E-state index in [0.29, 0.717) is 22.7 Å². The standard InChI is InChI=1S/C18H25N3O3/c1-12(13-7-5-4-6-8-13)20(2)17(22)19-14-9-10-15-16(11-14)24-18(23)21(15)3/h9-13H,4-8H2,1-3H3,(H,19,22)/t12-/m0/s1. The fourth-order valence-corrected chi connectivity index (χ4v) is 3.54. The van der Waals surface area contributed by atoms with Crippen LogP contribution in [-0.2, 0) is 7.05 Å². The van der Waals surface area contributed by atoms with Crippen LogP contribution in [-0.4, -0.2) is 28.6 Å². The summed E-state index contributed by atoms with van der Waals surface area (Å²) in [6.45, 7) is 2.12. The highest BCUT2D eigenvalue weighted by Gasteiger charge is 2.26. The van der Waals surface area contributed by atoms with Crippen LogP contribution < -0.4 is 11.1 Å². The predicted molar refractivity (Wildman–Crippen MR) is 94.3 cm³/mol. The van der Waals surface area contributed by atoms with Crippen LogP contribution in [0.2, 0.25) is 0 Å². The zero-order valence-electron chi connectivity index (χ0n) is 14.5. The van der Waals surface area contributed by atoms with Crippen molar-refractivity contribution in [3.05, 3.63) is 28.7 Å². The smallest absolute Gasteiger partial charge is 0.408 e. The Bertz CT molecular complexity index is 786. The molecule has 1 aromatic carbocycles. The number of rotatable bonds is 3. The molecule has 0 spiro atoms. The molecule has 1 saturated carbocycles. The molecule has 2 aromatic rings. The van der Waals surface area contributed by atoms with E-state index in [9.17, 15) is 9.59 Å². The van der Waals surface area contributed by atoms with Gasteiger partial charge in [-0.1, -0.05) is 19.3 Å². The van der Waals surface area contributed by atoms with E-state index >= 15 is 0 Å². The molecule has 1 aliphatic rings. The van der Waals surface area contributed by atoms with E-state index in [1.165, 1.54) is 36.7 Å². The second kappa shape index (κ2) is 6.71. The molecule has 130 valence electrons. The summed E-state index contributed by atoms with van der Waals surface area (Å²) in [6.07, 6.45) is 6.21. The lowest BCUT2D eigenvalue weighted by atomic mass is 9.84. The number of amides is 2.